The van der Waals surface area contributed by atoms with Crippen LogP contribution in [0.4, 0.5) is 4.39 Å². The topological polar surface area (TPSA) is 26.0 Å². The second-order valence-corrected chi connectivity index (χ2v) is 4.44. The van der Waals surface area contributed by atoms with Gasteiger partial charge in [0.25, 0.3) is 0 Å². The highest BCUT2D eigenvalue weighted by molar-refractivity contribution is 9.10. The third-order valence-corrected chi connectivity index (χ3v) is 3.81. The predicted molar refractivity (Wildman–Crippen MR) is 61.0 cm³/mol. The second kappa shape index (κ2) is 4.41. The lowest BCUT2D eigenvalue weighted by molar-refractivity contribution is 0.610. The van der Waals surface area contributed by atoms with Crippen molar-refractivity contribution in [2.45, 2.75) is 26.7 Å². The maximum absolute atomic E-state index is 13.4. The van der Waals surface area contributed by atoms with E-state index in [0.717, 1.165) is 15.6 Å². The minimum atomic E-state index is -0.169. The molecular weight excluding hydrogens is 245 g/mol. The van der Waals surface area contributed by atoms with E-state index < -0.39 is 0 Å². The predicted octanol–water partition coefficient (Wildman–Crippen LogP) is 3.27. The van der Waals surface area contributed by atoms with E-state index in [-0.39, 0.29) is 11.7 Å². The molecule has 0 aliphatic rings. The SMILES string of the molecule is Cc1c(F)cc(C(C)CN)c(C)c1Br. The van der Waals surface area contributed by atoms with E-state index in [4.69, 9.17) is 5.73 Å². The maximum atomic E-state index is 13.4. The molecule has 1 nitrogen and oxygen atoms in total. The Balaban J connectivity index is 3.33. The summed E-state index contributed by atoms with van der Waals surface area (Å²) in [6.07, 6.45) is 0. The van der Waals surface area contributed by atoms with Crippen molar-refractivity contribution in [3.05, 3.63) is 33.0 Å². The van der Waals surface area contributed by atoms with Gasteiger partial charge in [-0.25, -0.2) is 4.39 Å². The monoisotopic (exact) mass is 259 g/mol. The Morgan fingerprint density at radius 3 is 2.50 bits per heavy atom. The van der Waals surface area contributed by atoms with Gasteiger partial charge in [-0.3, -0.25) is 0 Å². The smallest absolute Gasteiger partial charge is 0.127 e. The van der Waals surface area contributed by atoms with Crippen molar-refractivity contribution in [3.8, 4) is 0 Å². The third kappa shape index (κ3) is 1.98. The molecule has 1 rings (SSSR count). The highest BCUT2D eigenvalue weighted by Crippen LogP contribution is 2.30. The lowest BCUT2D eigenvalue weighted by atomic mass is 9.95. The van der Waals surface area contributed by atoms with E-state index >= 15 is 0 Å². The van der Waals surface area contributed by atoms with Crippen molar-refractivity contribution in [2.24, 2.45) is 5.73 Å². The van der Waals surface area contributed by atoms with E-state index in [2.05, 4.69) is 15.9 Å². The molecule has 0 saturated carbocycles. The Morgan fingerprint density at radius 1 is 1.43 bits per heavy atom. The quantitative estimate of drug-likeness (QED) is 0.867. The summed E-state index contributed by atoms with van der Waals surface area (Å²) in [5, 5.41) is 0. The summed E-state index contributed by atoms with van der Waals surface area (Å²) < 4.78 is 14.3. The molecule has 0 amide bonds. The van der Waals surface area contributed by atoms with Crippen LogP contribution in [0.25, 0.3) is 0 Å². The zero-order chi connectivity index (χ0) is 10.9. The zero-order valence-corrected chi connectivity index (χ0v) is 10.3. The van der Waals surface area contributed by atoms with Gasteiger partial charge in [-0.15, -0.1) is 0 Å². The molecule has 78 valence electrons. The molecule has 0 aliphatic heterocycles. The molecule has 0 spiro atoms. The first-order valence-corrected chi connectivity index (χ1v) is 5.43. The molecular formula is C11H15BrFN. The zero-order valence-electron chi connectivity index (χ0n) is 8.70. The van der Waals surface area contributed by atoms with E-state index in [1.54, 1.807) is 13.0 Å². The fourth-order valence-electron chi connectivity index (χ4n) is 1.50. The summed E-state index contributed by atoms with van der Waals surface area (Å²) in [6.45, 7) is 6.29. The number of halogens is 2. The summed E-state index contributed by atoms with van der Waals surface area (Å²) in [7, 11) is 0. The third-order valence-electron chi connectivity index (χ3n) is 2.62. The van der Waals surface area contributed by atoms with Crippen molar-refractivity contribution < 1.29 is 4.39 Å². The van der Waals surface area contributed by atoms with E-state index in [1.165, 1.54) is 0 Å². The van der Waals surface area contributed by atoms with Gasteiger partial charge >= 0.3 is 0 Å². The van der Waals surface area contributed by atoms with Gasteiger partial charge in [0.05, 0.1) is 0 Å². The lowest BCUT2D eigenvalue weighted by Crippen LogP contribution is -2.11. The van der Waals surface area contributed by atoms with E-state index in [9.17, 15) is 4.39 Å². The van der Waals surface area contributed by atoms with Crippen LogP contribution >= 0.6 is 15.9 Å². The van der Waals surface area contributed by atoms with Gasteiger partial charge in [-0.2, -0.15) is 0 Å². The van der Waals surface area contributed by atoms with Crippen LogP contribution in [-0.4, -0.2) is 6.54 Å². The fourth-order valence-corrected chi connectivity index (χ4v) is 1.92. The first-order chi connectivity index (χ1) is 6.49. The average molecular weight is 260 g/mol. The lowest BCUT2D eigenvalue weighted by Gasteiger charge is -2.15. The van der Waals surface area contributed by atoms with Crippen molar-refractivity contribution in [3.63, 3.8) is 0 Å². The minimum Gasteiger partial charge on any atom is -0.330 e. The van der Waals surface area contributed by atoms with Crippen LogP contribution in [0.3, 0.4) is 0 Å². The molecule has 3 heteroatoms. The maximum Gasteiger partial charge on any atom is 0.127 e. The summed E-state index contributed by atoms with van der Waals surface area (Å²) in [5.41, 5.74) is 8.31. The molecule has 0 saturated heterocycles. The highest BCUT2D eigenvalue weighted by atomic mass is 79.9. The first kappa shape index (κ1) is 11.7. The molecule has 1 aromatic rings. The number of hydrogen-bond donors (Lipinski definition) is 1. The Kier molecular flexibility index (Phi) is 3.67. The van der Waals surface area contributed by atoms with Crippen molar-refractivity contribution >= 4 is 15.9 Å². The Hall–Kier alpha value is -0.410. The second-order valence-electron chi connectivity index (χ2n) is 3.65. The molecule has 0 aromatic heterocycles. The summed E-state index contributed by atoms with van der Waals surface area (Å²) in [5.74, 6) is 0.0270. The van der Waals surface area contributed by atoms with Gasteiger partial charge in [0, 0.05) is 4.47 Å². The Bertz CT molecular complexity index is 350. The molecule has 0 radical (unpaired) electrons. The molecule has 0 aliphatic carbocycles. The normalized spacial score (nSPS) is 13.0. The fraction of sp³-hybridized carbons (Fsp3) is 0.455. The molecule has 1 aromatic carbocycles. The van der Waals surface area contributed by atoms with Gasteiger partial charge in [0.1, 0.15) is 5.82 Å². The number of nitrogens with two attached hydrogens (primary N) is 1. The van der Waals surface area contributed by atoms with Gasteiger partial charge in [0.15, 0.2) is 0 Å². The first-order valence-electron chi connectivity index (χ1n) is 4.64. The van der Waals surface area contributed by atoms with E-state index in [1.807, 2.05) is 13.8 Å². The number of benzene rings is 1. The van der Waals surface area contributed by atoms with E-state index in [0.29, 0.717) is 12.1 Å². The van der Waals surface area contributed by atoms with Crippen LogP contribution in [0.5, 0.6) is 0 Å². The van der Waals surface area contributed by atoms with Gasteiger partial charge in [-0.05, 0) is 49.1 Å². The minimum absolute atomic E-state index is 0.169. The van der Waals surface area contributed by atoms with Crippen LogP contribution in [-0.2, 0) is 0 Å². The van der Waals surface area contributed by atoms with Gasteiger partial charge < -0.3 is 5.73 Å². The standard InChI is InChI=1S/C11H15BrFN/c1-6(5-14)9-4-10(13)8(3)11(12)7(9)2/h4,6H,5,14H2,1-3H3. The molecule has 1 atom stereocenters. The van der Waals surface area contributed by atoms with Crippen molar-refractivity contribution in [1.82, 2.24) is 0 Å². The van der Waals surface area contributed by atoms with Crippen LogP contribution in [0.1, 0.15) is 29.5 Å². The Labute approximate surface area is 92.6 Å². The molecule has 0 bridgehead atoms. The Morgan fingerprint density at radius 2 is 2.00 bits per heavy atom. The summed E-state index contributed by atoms with van der Waals surface area (Å²) >= 11 is 3.40. The molecule has 2 N–H and O–H groups in total. The molecule has 14 heavy (non-hydrogen) atoms. The highest BCUT2D eigenvalue weighted by Gasteiger charge is 2.14. The van der Waals surface area contributed by atoms with Gasteiger partial charge in [-0.1, -0.05) is 22.9 Å². The number of rotatable bonds is 2. The van der Waals surface area contributed by atoms with Crippen LogP contribution in [0.15, 0.2) is 10.5 Å². The summed E-state index contributed by atoms with van der Waals surface area (Å²) in [4.78, 5) is 0. The van der Waals surface area contributed by atoms with Crippen LogP contribution in [0, 0.1) is 19.7 Å². The van der Waals surface area contributed by atoms with Gasteiger partial charge in [0.2, 0.25) is 0 Å². The number of hydrogen-bond acceptors (Lipinski definition) is 1. The molecule has 1 unspecified atom stereocenters. The van der Waals surface area contributed by atoms with Crippen LogP contribution in [0.2, 0.25) is 0 Å². The average Bonchev–Trinajstić information content (AvgIpc) is 2.19. The van der Waals surface area contributed by atoms with Crippen molar-refractivity contribution in [2.75, 3.05) is 6.54 Å². The van der Waals surface area contributed by atoms with Crippen molar-refractivity contribution in [1.29, 1.82) is 0 Å². The van der Waals surface area contributed by atoms with Crippen LogP contribution < -0.4 is 5.73 Å². The largest absolute Gasteiger partial charge is 0.330 e. The molecule has 0 fully saturated rings. The summed E-state index contributed by atoms with van der Waals surface area (Å²) in [6, 6.07) is 1.59. The molecule has 0 heterocycles.